The van der Waals surface area contributed by atoms with E-state index in [1.165, 1.54) is 12.1 Å². The minimum atomic E-state index is -4.38. The van der Waals surface area contributed by atoms with Gasteiger partial charge in [-0.3, -0.25) is 9.79 Å². The Labute approximate surface area is 157 Å². The first-order valence-electron chi connectivity index (χ1n) is 8.74. The summed E-state index contributed by atoms with van der Waals surface area (Å²) >= 11 is 0. The first kappa shape index (κ1) is 20.6. The molecule has 1 aliphatic heterocycles. The highest BCUT2D eigenvalue weighted by atomic mass is 19.4. The van der Waals surface area contributed by atoms with Crippen LogP contribution in [0.2, 0.25) is 0 Å². The standard InChI is InChI=1S/C19H23F3N4O/c1-3-17(27)26-11-9-16(13-26)25-18(23-2)24-10-5-7-14-6-4-8-15(12-14)19(20,21)22/h4,6,8,12,16H,3,9-11,13H2,1-2H3,(H2,23,24,25). The van der Waals surface area contributed by atoms with Gasteiger partial charge in [-0.1, -0.05) is 24.8 Å². The normalized spacial score (nSPS) is 17.3. The average molecular weight is 380 g/mol. The van der Waals surface area contributed by atoms with Crippen molar-refractivity contribution in [3.63, 3.8) is 0 Å². The predicted octanol–water partition coefficient (Wildman–Crippen LogP) is 2.23. The van der Waals surface area contributed by atoms with E-state index in [0.717, 1.165) is 25.1 Å². The Morgan fingerprint density at radius 2 is 2.19 bits per heavy atom. The maximum atomic E-state index is 12.7. The molecule has 1 amide bonds. The van der Waals surface area contributed by atoms with Gasteiger partial charge in [0.25, 0.3) is 0 Å². The van der Waals surface area contributed by atoms with Crippen molar-refractivity contribution in [1.82, 2.24) is 15.5 Å². The second-order valence-corrected chi connectivity index (χ2v) is 6.13. The number of hydrogen-bond donors (Lipinski definition) is 2. The third-order valence-electron chi connectivity index (χ3n) is 4.17. The minimum absolute atomic E-state index is 0.114. The lowest BCUT2D eigenvalue weighted by Crippen LogP contribution is -2.45. The van der Waals surface area contributed by atoms with Gasteiger partial charge in [-0.15, -0.1) is 0 Å². The number of carbonyl (C=O) groups excluding carboxylic acids is 1. The molecule has 2 N–H and O–H groups in total. The van der Waals surface area contributed by atoms with Crippen molar-refractivity contribution < 1.29 is 18.0 Å². The molecule has 1 heterocycles. The van der Waals surface area contributed by atoms with E-state index in [0.29, 0.717) is 24.5 Å². The Bertz CT molecular complexity index is 749. The maximum Gasteiger partial charge on any atom is 0.416 e. The Morgan fingerprint density at radius 3 is 2.85 bits per heavy atom. The van der Waals surface area contributed by atoms with Crippen LogP contribution in [-0.2, 0) is 11.0 Å². The van der Waals surface area contributed by atoms with Crippen LogP contribution in [0.5, 0.6) is 0 Å². The number of rotatable bonds is 3. The zero-order chi connectivity index (χ0) is 19.9. The summed E-state index contributed by atoms with van der Waals surface area (Å²) in [6.07, 6.45) is -3.05. The van der Waals surface area contributed by atoms with Crippen LogP contribution < -0.4 is 10.6 Å². The largest absolute Gasteiger partial charge is 0.416 e. The van der Waals surface area contributed by atoms with Gasteiger partial charge in [0.15, 0.2) is 5.96 Å². The minimum Gasteiger partial charge on any atom is -0.352 e. The fourth-order valence-corrected chi connectivity index (χ4v) is 2.76. The van der Waals surface area contributed by atoms with Gasteiger partial charge in [-0.2, -0.15) is 13.2 Å². The van der Waals surface area contributed by atoms with E-state index in [-0.39, 0.29) is 18.5 Å². The Balaban J connectivity index is 1.84. The molecule has 1 saturated heterocycles. The molecule has 1 aromatic carbocycles. The lowest BCUT2D eigenvalue weighted by molar-refractivity contribution is -0.137. The smallest absolute Gasteiger partial charge is 0.352 e. The molecule has 0 aliphatic carbocycles. The van der Waals surface area contributed by atoms with Gasteiger partial charge in [-0.25, -0.2) is 0 Å². The maximum absolute atomic E-state index is 12.7. The molecule has 1 fully saturated rings. The zero-order valence-electron chi connectivity index (χ0n) is 15.4. The molecule has 1 aromatic rings. The molecular weight excluding hydrogens is 357 g/mol. The van der Waals surface area contributed by atoms with Crippen molar-refractivity contribution in [2.24, 2.45) is 4.99 Å². The molecule has 2 rings (SSSR count). The number of halogens is 3. The monoisotopic (exact) mass is 380 g/mol. The number of alkyl halides is 3. The van der Waals surface area contributed by atoms with Crippen molar-refractivity contribution in [3.05, 3.63) is 35.4 Å². The summed E-state index contributed by atoms with van der Waals surface area (Å²) < 4.78 is 38.1. The highest BCUT2D eigenvalue weighted by Crippen LogP contribution is 2.29. The molecule has 8 heteroatoms. The molecule has 1 atom stereocenters. The number of aliphatic imine (C=N–C) groups is 1. The summed E-state index contributed by atoms with van der Waals surface area (Å²) in [5, 5.41) is 6.24. The summed E-state index contributed by atoms with van der Waals surface area (Å²) in [5.74, 6) is 6.18. The Morgan fingerprint density at radius 1 is 1.41 bits per heavy atom. The topological polar surface area (TPSA) is 56.7 Å². The highest BCUT2D eigenvalue weighted by molar-refractivity contribution is 5.80. The number of nitrogens with zero attached hydrogens (tertiary/aromatic N) is 2. The SMILES string of the molecule is CCC(=O)N1CCC(NC(=NC)NCC#Cc2cccc(C(F)(F)F)c2)C1. The number of guanidine groups is 1. The number of hydrogen-bond acceptors (Lipinski definition) is 2. The van der Waals surface area contributed by atoms with Crippen LogP contribution in [0, 0.1) is 11.8 Å². The quantitative estimate of drug-likeness (QED) is 0.480. The molecule has 146 valence electrons. The van der Waals surface area contributed by atoms with Crippen molar-refractivity contribution in [2.75, 3.05) is 26.7 Å². The van der Waals surface area contributed by atoms with Crippen LogP contribution in [0.25, 0.3) is 0 Å². The molecule has 27 heavy (non-hydrogen) atoms. The van der Waals surface area contributed by atoms with Crippen molar-refractivity contribution in [1.29, 1.82) is 0 Å². The van der Waals surface area contributed by atoms with Crippen molar-refractivity contribution >= 4 is 11.9 Å². The first-order chi connectivity index (χ1) is 12.8. The predicted molar refractivity (Wildman–Crippen MR) is 98.1 cm³/mol. The van der Waals surface area contributed by atoms with Gasteiger partial charge in [0.2, 0.25) is 5.91 Å². The van der Waals surface area contributed by atoms with Crippen LogP contribution in [0.4, 0.5) is 13.2 Å². The van der Waals surface area contributed by atoms with Gasteiger partial charge in [0, 0.05) is 38.2 Å². The summed E-state index contributed by atoms with van der Waals surface area (Å²) in [6.45, 7) is 3.42. The van der Waals surface area contributed by atoms with Crippen molar-refractivity contribution in [3.8, 4) is 11.8 Å². The van der Waals surface area contributed by atoms with E-state index in [9.17, 15) is 18.0 Å². The van der Waals surface area contributed by atoms with Crippen LogP contribution in [0.1, 0.15) is 30.9 Å². The molecule has 0 saturated carbocycles. The van der Waals surface area contributed by atoms with Gasteiger partial charge in [0.1, 0.15) is 0 Å². The molecule has 1 unspecified atom stereocenters. The van der Waals surface area contributed by atoms with E-state index in [4.69, 9.17) is 0 Å². The van der Waals surface area contributed by atoms with E-state index in [1.807, 2.05) is 11.8 Å². The molecule has 1 aliphatic rings. The van der Waals surface area contributed by atoms with Gasteiger partial charge in [0.05, 0.1) is 12.1 Å². The Kier molecular flexibility index (Phi) is 7.11. The fourth-order valence-electron chi connectivity index (χ4n) is 2.76. The van der Waals surface area contributed by atoms with Crippen molar-refractivity contribution in [2.45, 2.75) is 32.0 Å². The van der Waals surface area contributed by atoms with E-state index in [1.54, 1.807) is 7.05 Å². The van der Waals surface area contributed by atoms with Crippen LogP contribution in [-0.4, -0.2) is 49.5 Å². The van der Waals surface area contributed by atoms with Crippen LogP contribution >= 0.6 is 0 Å². The lowest BCUT2D eigenvalue weighted by atomic mass is 10.1. The zero-order valence-corrected chi connectivity index (χ0v) is 15.4. The number of carbonyl (C=O) groups is 1. The summed E-state index contributed by atoms with van der Waals surface area (Å²) in [4.78, 5) is 17.6. The third-order valence-corrected chi connectivity index (χ3v) is 4.17. The van der Waals surface area contributed by atoms with Gasteiger partial charge < -0.3 is 15.5 Å². The second kappa shape index (κ2) is 9.31. The molecule has 0 spiro atoms. The number of benzene rings is 1. The average Bonchev–Trinajstić information content (AvgIpc) is 3.11. The molecular formula is C19H23F3N4O. The van der Waals surface area contributed by atoms with Crippen LogP contribution in [0.15, 0.2) is 29.3 Å². The molecule has 0 bridgehead atoms. The molecule has 0 aromatic heterocycles. The molecule has 0 radical (unpaired) electrons. The number of nitrogens with one attached hydrogen (secondary N) is 2. The lowest BCUT2D eigenvalue weighted by Gasteiger charge is -2.18. The Hall–Kier alpha value is -2.69. The second-order valence-electron chi connectivity index (χ2n) is 6.13. The van der Waals surface area contributed by atoms with E-state index < -0.39 is 11.7 Å². The van der Waals surface area contributed by atoms with E-state index >= 15 is 0 Å². The van der Waals surface area contributed by atoms with Crippen LogP contribution in [0.3, 0.4) is 0 Å². The molecule has 5 nitrogen and oxygen atoms in total. The first-order valence-corrected chi connectivity index (χ1v) is 8.74. The number of amides is 1. The van der Waals surface area contributed by atoms with Gasteiger partial charge >= 0.3 is 6.18 Å². The van der Waals surface area contributed by atoms with Gasteiger partial charge in [-0.05, 0) is 24.6 Å². The summed E-state index contributed by atoms with van der Waals surface area (Å²) in [5.41, 5.74) is -0.411. The van der Waals surface area contributed by atoms with E-state index in [2.05, 4.69) is 27.5 Å². The highest BCUT2D eigenvalue weighted by Gasteiger charge is 2.30. The summed E-state index contributed by atoms with van der Waals surface area (Å²) in [7, 11) is 1.62. The fraction of sp³-hybridized carbons (Fsp3) is 0.474. The third kappa shape index (κ3) is 6.20. The number of likely N-dealkylation sites (tertiary alicyclic amines) is 1. The summed E-state index contributed by atoms with van der Waals surface area (Å²) in [6, 6.07) is 5.03.